The Kier molecular flexibility index (Phi) is 11.6. The van der Waals surface area contributed by atoms with Gasteiger partial charge in [0.2, 0.25) is 17.7 Å². The largest absolute Gasteiger partial charge is 0.449 e. The first-order valence-electron chi connectivity index (χ1n) is 17.1. The molecule has 14 heteroatoms. The lowest BCUT2D eigenvalue weighted by Crippen LogP contribution is -2.60. The predicted molar refractivity (Wildman–Crippen MR) is 199 cm³/mol. The van der Waals surface area contributed by atoms with E-state index in [4.69, 9.17) is 10.5 Å². The lowest BCUT2D eigenvalue weighted by Gasteiger charge is -2.37. The second kappa shape index (κ2) is 16.3. The summed E-state index contributed by atoms with van der Waals surface area (Å²) in [7, 11) is -4.42. The minimum absolute atomic E-state index is 0.00312. The van der Waals surface area contributed by atoms with Gasteiger partial charge in [0, 0.05) is 24.6 Å². The molecule has 1 saturated heterocycles. The van der Waals surface area contributed by atoms with E-state index in [9.17, 15) is 33.5 Å². The van der Waals surface area contributed by atoms with Gasteiger partial charge in [0.25, 0.3) is 0 Å². The first kappa shape index (κ1) is 37.1. The van der Waals surface area contributed by atoms with Crippen molar-refractivity contribution in [1.82, 2.24) is 15.5 Å². The molecule has 272 valence electrons. The highest BCUT2D eigenvalue weighted by atomic mass is 32.2. The first-order chi connectivity index (χ1) is 25.0. The van der Waals surface area contributed by atoms with E-state index in [0.29, 0.717) is 19.3 Å². The number of nitrogens with one attached hydrogen (secondary N) is 2. The number of fused-ring (bicyclic) bond motifs is 4. The maximum Gasteiger partial charge on any atom is 0.407 e. The molecule has 6 rings (SSSR count). The van der Waals surface area contributed by atoms with E-state index in [1.54, 1.807) is 0 Å². The molecule has 1 aliphatic carbocycles. The van der Waals surface area contributed by atoms with Crippen molar-refractivity contribution in [2.75, 3.05) is 24.4 Å². The smallest absolute Gasteiger partial charge is 0.407 e. The van der Waals surface area contributed by atoms with E-state index in [0.717, 1.165) is 50.4 Å². The Morgan fingerprint density at radius 2 is 1.52 bits per heavy atom. The van der Waals surface area contributed by atoms with Crippen LogP contribution < -0.4 is 16.4 Å². The van der Waals surface area contributed by atoms with Crippen molar-refractivity contribution >= 4 is 53.9 Å². The summed E-state index contributed by atoms with van der Waals surface area (Å²) in [6.07, 6.45) is 0.827. The molecule has 0 aromatic heterocycles. The van der Waals surface area contributed by atoms with Crippen molar-refractivity contribution in [2.45, 2.75) is 49.7 Å². The van der Waals surface area contributed by atoms with Crippen molar-refractivity contribution in [3.8, 4) is 11.1 Å². The van der Waals surface area contributed by atoms with E-state index in [1.165, 1.54) is 4.90 Å². The number of hydrogen-bond donors (Lipinski definition) is 5. The fourth-order valence-electron chi connectivity index (χ4n) is 7.01. The Balaban J connectivity index is 1.14. The highest BCUT2D eigenvalue weighted by molar-refractivity contribution is 8.04. The Morgan fingerprint density at radius 3 is 2.19 bits per heavy atom. The van der Waals surface area contributed by atoms with Crippen LogP contribution in [0.25, 0.3) is 21.9 Å². The maximum absolute atomic E-state index is 14.1. The quantitative estimate of drug-likeness (QED) is 0.123. The van der Waals surface area contributed by atoms with Crippen molar-refractivity contribution < 1.29 is 38.3 Å². The van der Waals surface area contributed by atoms with E-state index in [1.807, 2.05) is 91.0 Å². The van der Waals surface area contributed by atoms with Crippen molar-refractivity contribution in [2.24, 2.45) is 5.73 Å². The van der Waals surface area contributed by atoms with Crippen LogP contribution in [0.1, 0.15) is 41.9 Å². The third-order valence-corrected chi connectivity index (χ3v) is 12.1. The molecule has 4 amide bonds. The maximum atomic E-state index is 14.1. The summed E-state index contributed by atoms with van der Waals surface area (Å²) in [6.45, 7) is 0.200. The van der Waals surface area contributed by atoms with Gasteiger partial charge in [0.1, 0.15) is 24.7 Å². The molecule has 1 aliphatic heterocycles. The lowest BCUT2D eigenvalue weighted by atomic mass is 9.98. The second-order valence-corrected chi connectivity index (χ2v) is 16.2. The normalized spacial score (nSPS) is 16.7. The number of piperidine rings is 1. The number of nitrogens with two attached hydrogens (primary N) is 1. The molecule has 0 spiro atoms. The van der Waals surface area contributed by atoms with Gasteiger partial charge < -0.3 is 35.8 Å². The molecule has 4 aromatic rings. The molecule has 1 heterocycles. The summed E-state index contributed by atoms with van der Waals surface area (Å²) in [5.74, 6) is -2.28. The third kappa shape index (κ3) is 8.85. The molecule has 0 saturated carbocycles. The van der Waals surface area contributed by atoms with E-state index >= 15 is 0 Å². The Morgan fingerprint density at radius 1 is 0.865 bits per heavy atom. The summed E-state index contributed by atoms with van der Waals surface area (Å²) in [4.78, 5) is 73.9. The van der Waals surface area contributed by atoms with E-state index in [-0.39, 0.29) is 31.2 Å². The Hall–Kier alpha value is -4.68. The summed E-state index contributed by atoms with van der Waals surface area (Å²) in [5, 5.41) is 7.36. The highest BCUT2D eigenvalue weighted by Gasteiger charge is 2.38. The number of primary amides is 1. The van der Waals surface area contributed by atoms with Crippen molar-refractivity contribution in [3.63, 3.8) is 0 Å². The molecule has 6 N–H and O–H groups in total. The topological polar surface area (TPSA) is 188 Å². The number of nitrogens with zero attached hydrogens (tertiary/aromatic N) is 1. The zero-order chi connectivity index (χ0) is 36.8. The number of benzene rings is 4. The van der Waals surface area contributed by atoms with Crippen LogP contribution in [0.3, 0.4) is 0 Å². The van der Waals surface area contributed by atoms with Crippen LogP contribution >= 0.6 is 19.4 Å². The average Bonchev–Trinajstić information content (AvgIpc) is 3.45. The van der Waals surface area contributed by atoms with Gasteiger partial charge in [-0.05, 0) is 57.9 Å². The molecule has 1 fully saturated rings. The minimum Gasteiger partial charge on any atom is -0.449 e. The SMILES string of the molecule is NC(=O)C(Cc1ccc2ccccc2c1)NC(=O)C1CCCCN1C(=O)C(CSCP(=O)(O)O)NC(=O)OCC1c2ccccc2-c2ccccc21. The second-order valence-electron chi connectivity index (χ2n) is 13.1. The van der Waals surface area contributed by atoms with E-state index in [2.05, 4.69) is 10.6 Å². The number of hydrogen-bond acceptors (Lipinski definition) is 7. The number of carbonyl (C=O) groups is 4. The number of likely N-dealkylation sites (tertiary alicyclic amines) is 1. The van der Waals surface area contributed by atoms with Gasteiger partial charge >= 0.3 is 13.7 Å². The molecule has 3 unspecified atom stereocenters. The van der Waals surface area contributed by atoms with Crippen LogP contribution in [0.15, 0.2) is 91.0 Å². The summed E-state index contributed by atoms with van der Waals surface area (Å²) in [5.41, 5.74) is 10.1. The van der Waals surface area contributed by atoms with Gasteiger partial charge in [-0.2, -0.15) is 0 Å². The van der Waals surface area contributed by atoms with Gasteiger partial charge in [0.05, 0.1) is 5.49 Å². The van der Waals surface area contributed by atoms with Gasteiger partial charge in [-0.15, -0.1) is 11.8 Å². The fraction of sp³-hybridized carbons (Fsp3) is 0.316. The van der Waals surface area contributed by atoms with Gasteiger partial charge in [0.15, 0.2) is 0 Å². The predicted octanol–water partition coefficient (Wildman–Crippen LogP) is 4.51. The fourth-order valence-corrected chi connectivity index (χ4v) is 8.84. The van der Waals surface area contributed by atoms with E-state index < -0.39 is 55.0 Å². The Labute approximate surface area is 305 Å². The average molecular weight is 745 g/mol. The number of ether oxygens (including phenoxy) is 1. The van der Waals surface area contributed by atoms with Crippen LogP contribution in [0.5, 0.6) is 0 Å². The number of carbonyl (C=O) groups excluding carboxylic acids is 4. The van der Waals surface area contributed by atoms with Crippen LogP contribution in [-0.2, 0) is 30.1 Å². The molecule has 0 radical (unpaired) electrons. The van der Waals surface area contributed by atoms with Gasteiger partial charge in [-0.3, -0.25) is 18.9 Å². The zero-order valence-electron chi connectivity index (χ0n) is 28.4. The van der Waals surface area contributed by atoms with Crippen molar-refractivity contribution in [3.05, 3.63) is 108 Å². The highest BCUT2D eigenvalue weighted by Crippen LogP contribution is 2.44. The molecule has 2 aliphatic rings. The van der Waals surface area contributed by atoms with Crippen molar-refractivity contribution in [1.29, 1.82) is 0 Å². The molecular formula is C38H41N4O8PS. The lowest BCUT2D eigenvalue weighted by molar-refractivity contribution is -0.144. The monoisotopic (exact) mass is 744 g/mol. The molecular weight excluding hydrogens is 703 g/mol. The molecule has 0 bridgehead atoms. The first-order valence-corrected chi connectivity index (χ1v) is 20.1. The standard InChI is InChI=1S/C38H41N4O8PS/c39-35(43)32(20-24-16-17-25-9-1-2-10-26(25)19-24)40-36(44)34-15-7-8-18-42(34)37(45)33(22-52-23-51(47,48)49)41-38(46)50-21-31-29-13-5-3-11-27(29)28-12-4-6-14-30(28)31/h1-6,9-14,16-17,19,31-34H,7-8,15,18,20-23H2,(H2,39,43)(H,40,44)(H,41,46)(H2,47,48,49). The number of alkyl carbamates (subject to hydrolysis) is 1. The number of thioether (sulfide) groups is 1. The minimum atomic E-state index is -4.42. The summed E-state index contributed by atoms with van der Waals surface area (Å²) >= 11 is 0.811. The van der Waals surface area contributed by atoms with Gasteiger partial charge in [-0.25, -0.2) is 4.79 Å². The third-order valence-electron chi connectivity index (χ3n) is 9.48. The van der Waals surface area contributed by atoms with Gasteiger partial charge in [-0.1, -0.05) is 91.0 Å². The number of amides is 4. The van der Waals surface area contributed by atoms with Crippen LogP contribution in [0.4, 0.5) is 4.79 Å². The van der Waals surface area contributed by atoms with Crippen LogP contribution in [0, 0.1) is 0 Å². The Bertz CT molecular complexity index is 1980. The summed E-state index contributed by atoms with van der Waals surface area (Å²) in [6, 6.07) is 26.0. The summed E-state index contributed by atoms with van der Waals surface area (Å²) < 4.78 is 17.3. The van der Waals surface area contributed by atoms with Crippen LogP contribution in [0.2, 0.25) is 0 Å². The van der Waals surface area contributed by atoms with Crippen LogP contribution in [-0.4, -0.2) is 81.0 Å². The molecule has 3 atom stereocenters. The zero-order valence-corrected chi connectivity index (χ0v) is 30.1. The molecule has 12 nitrogen and oxygen atoms in total. The number of rotatable bonds is 13. The molecule has 52 heavy (non-hydrogen) atoms. The molecule has 4 aromatic carbocycles.